The number of benzene rings is 2. The van der Waals surface area contributed by atoms with Crippen molar-refractivity contribution in [3.8, 4) is 16.8 Å². The molecule has 0 fully saturated rings. The summed E-state index contributed by atoms with van der Waals surface area (Å²) in [5, 5.41) is 7.41. The van der Waals surface area contributed by atoms with Crippen molar-refractivity contribution >= 4 is 0 Å². The molecule has 4 nitrogen and oxygen atoms in total. The SMILES string of the molecule is Cc1cc(CCCCC(C)n2ccn(-c3cccc(-c4cc(C(C)(C)C)cc(C(C)(C)C)c4)c3)[c]2=[Pt])n[nH]1. The van der Waals surface area contributed by atoms with Gasteiger partial charge in [0.15, 0.2) is 0 Å². The van der Waals surface area contributed by atoms with E-state index in [1.165, 1.54) is 50.3 Å². The number of imidazole rings is 1. The van der Waals surface area contributed by atoms with E-state index < -0.39 is 0 Å². The molecule has 0 saturated carbocycles. The van der Waals surface area contributed by atoms with E-state index in [-0.39, 0.29) is 10.8 Å². The van der Waals surface area contributed by atoms with E-state index in [9.17, 15) is 0 Å². The maximum atomic E-state index is 4.37. The number of nitrogens with one attached hydrogen (secondary N) is 1. The maximum absolute atomic E-state index is 4.37. The van der Waals surface area contributed by atoms with Crippen molar-refractivity contribution in [2.45, 2.75) is 97.9 Å². The number of aromatic nitrogens is 4. The fourth-order valence-corrected chi connectivity index (χ4v) is 5.99. The van der Waals surface area contributed by atoms with E-state index >= 15 is 0 Å². The van der Waals surface area contributed by atoms with Gasteiger partial charge < -0.3 is 0 Å². The average molecular weight is 692 g/mol. The number of unbranched alkanes of at least 4 members (excludes halogenated alkanes) is 1. The van der Waals surface area contributed by atoms with Gasteiger partial charge in [0.05, 0.1) is 0 Å². The molecule has 0 aliphatic carbocycles. The topological polar surface area (TPSA) is 38.5 Å². The van der Waals surface area contributed by atoms with Gasteiger partial charge in [-0.2, -0.15) is 0 Å². The Morgan fingerprint density at radius 2 is 1.55 bits per heavy atom. The molecule has 0 bridgehead atoms. The molecule has 1 N–H and O–H groups in total. The minimum absolute atomic E-state index is 0.0995. The molecule has 2 aromatic heterocycles. The molecule has 38 heavy (non-hydrogen) atoms. The van der Waals surface area contributed by atoms with E-state index in [1.54, 1.807) is 0 Å². The quantitative estimate of drug-likeness (QED) is 0.185. The Balaban J connectivity index is 1.55. The van der Waals surface area contributed by atoms with Crippen molar-refractivity contribution in [3.05, 3.63) is 87.2 Å². The van der Waals surface area contributed by atoms with Crippen LogP contribution in [0.1, 0.15) is 96.3 Å². The standard InChI is InChI=1S/C33H44N4.Pt/c1-24-18-30(35-34-24)14-10-9-12-25(2)36-16-17-37(23-36)31-15-11-13-26(21-31)27-19-28(32(3,4)5)22-29(20-27)33(6,7)8;/h11,13,15-22,25H,9-10,12,14H2,1-8H3,(H,34,35);. The molecular formula is C33H44N4Pt. The molecule has 1 atom stereocenters. The molecule has 0 amide bonds. The van der Waals surface area contributed by atoms with Crippen molar-refractivity contribution in [2.24, 2.45) is 0 Å². The van der Waals surface area contributed by atoms with Gasteiger partial charge >= 0.3 is 241 Å². The van der Waals surface area contributed by atoms with E-state index in [0.29, 0.717) is 6.04 Å². The number of hydrogen-bond donors (Lipinski definition) is 1. The number of H-pyrrole nitrogens is 1. The summed E-state index contributed by atoms with van der Waals surface area (Å²) in [5.41, 5.74) is 9.03. The number of aryl methyl sites for hydroxylation is 2. The van der Waals surface area contributed by atoms with Gasteiger partial charge in [-0.05, 0) is 0 Å². The minimum atomic E-state index is 0.0995. The van der Waals surface area contributed by atoms with E-state index in [0.717, 1.165) is 18.5 Å². The fraction of sp³-hybridized carbons (Fsp3) is 0.455. The Bertz CT molecular complexity index is 1410. The summed E-state index contributed by atoms with van der Waals surface area (Å²) < 4.78 is 5.95. The molecule has 2 heterocycles. The van der Waals surface area contributed by atoms with Crippen LogP contribution in [0.4, 0.5) is 0 Å². The molecule has 0 spiro atoms. The van der Waals surface area contributed by atoms with Gasteiger partial charge in [-0.1, -0.05) is 0 Å². The van der Waals surface area contributed by atoms with E-state index in [4.69, 9.17) is 0 Å². The van der Waals surface area contributed by atoms with Crippen molar-refractivity contribution in [2.75, 3.05) is 0 Å². The third-order valence-electron chi connectivity index (χ3n) is 7.42. The Hall–Kier alpha value is -2.45. The Kier molecular flexibility index (Phi) is 8.52. The molecule has 0 aliphatic rings. The van der Waals surface area contributed by atoms with Gasteiger partial charge in [0.2, 0.25) is 0 Å². The second-order valence-corrected chi connectivity index (χ2v) is 13.8. The zero-order valence-electron chi connectivity index (χ0n) is 24.3. The van der Waals surface area contributed by atoms with Crippen molar-refractivity contribution in [1.82, 2.24) is 19.3 Å². The first-order valence-corrected chi connectivity index (χ1v) is 15.0. The van der Waals surface area contributed by atoms with Crippen LogP contribution >= 0.6 is 0 Å². The predicted molar refractivity (Wildman–Crippen MR) is 155 cm³/mol. The van der Waals surface area contributed by atoms with Crippen LogP contribution in [0.3, 0.4) is 0 Å². The van der Waals surface area contributed by atoms with Crippen molar-refractivity contribution in [1.29, 1.82) is 0 Å². The summed E-state index contributed by atoms with van der Waals surface area (Å²) in [4.78, 5) is 0. The molecule has 206 valence electrons. The molecule has 2 aromatic carbocycles. The van der Waals surface area contributed by atoms with Gasteiger partial charge in [-0.3, -0.25) is 0 Å². The second kappa shape index (κ2) is 11.3. The second-order valence-electron chi connectivity index (χ2n) is 12.8. The molecule has 0 saturated heterocycles. The first kappa shape index (κ1) is 28.6. The molecule has 4 rings (SSSR count). The number of rotatable bonds is 8. The van der Waals surface area contributed by atoms with Gasteiger partial charge in [0.1, 0.15) is 0 Å². The van der Waals surface area contributed by atoms with Crippen LogP contribution in [-0.2, 0) is 36.6 Å². The number of aromatic amines is 1. The molecular weight excluding hydrogens is 647 g/mol. The van der Waals surface area contributed by atoms with Crippen molar-refractivity contribution in [3.63, 3.8) is 0 Å². The number of nitrogens with zero attached hydrogens (tertiary/aromatic N) is 3. The molecule has 0 radical (unpaired) electrons. The first-order valence-electron chi connectivity index (χ1n) is 13.9. The summed E-state index contributed by atoms with van der Waals surface area (Å²) in [5.74, 6) is 0. The summed E-state index contributed by atoms with van der Waals surface area (Å²) >= 11 is 2.48. The Labute approximate surface area is 239 Å². The van der Waals surface area contributed by atoms with Gasteiger partial charge in [0.25, 0.3) is 0 Å². The van der Waals surface area contributed by atoms with Gasteiger partial charge in [-0.15, -0.1) is 0 Å². The zero-order chi connectivity index (χ0) is 27.7. The predicted octanol–water partition coefficient (Wildman–Crippen LogP) is 8.63. The first-order chi connectivity index (χ1) is 17.8. The summed E-state index contributed by atoms with van der Waals surface area (Å²) in [7, 11) is 0. The van der Waals surface area contributed by atoms with E-state index in [2.05, 4.69) is 155 Å². The zero-order valence-corrected chi connectivity index (χ0v) is 26.6. The average Bonchev–Trinajstić information content (AvgIpc) is 3.45. The van der Waals surface area contributed by atoms with Crippen LogP contribution in [0, 0.1) is 10.7 Å². The Morgan fingerprint density at radius 3 is 2.16 bits per heavy atom. The number of hydrogen-bond acceptors (Lipinski definition) is 1. The summed E-state index contributed by atoms with van der Waals surface area (Å²) in [6.45, 7) is 18.2. The van der Waals surface area contributed by atoms with Crippen LogP contribution in [0.15, 0.2) is 60.9 Å². The monoisotopic (exact) mass is 691 g/mol. The van der Waals surface area contributed by atoms with Gasteiger partial charge in [0, 0.05) is 0 Å². The van der Waals surface area contributed by atoms with E-state index in [1.807, 2.05) is 0 Å². The molecule has 0 aliphatic heterocycles. The normalized spacial score (nSPS) is 13.2. The molecule has 4 aromatic rings. The summed E-state index contributed by atoms with van der Waals surface area (Å²) in [6, 6.07) is 18.7. The third-order valence-corrected chi connectivity index (χ3v) is 8.55. The van der Waals surface area contributed by atoms with Crippen molar-refractivity contribution < 1.29 is 19.4 Å². The van der Waals surface area contributed by atoms with Crippen LogP contribution in [0.5, 0.6) is 0 Å². The molecule has 1 unspecified atom stereocenters. The third kappa shape index (κ3) is 6.75. The van der Waals surface area contributed by atoms with Crippen LogP contribution in [0.2, 0.25) is 0 Å². The Morgan fingerprint density at radius 1 is 0.868 bits per heavy atom. The van der Waals surface area contributed by atoms with Crippen LogP contribution in [-0.4, -0.2) is 19.3 Å². The van der Waals surface area contributed by atoms with Crippen LogP contribution in [0.25, 0.3) is 16.8 Å². The van der Waals surface area contributed by atoms with Gasteiger partial charge in [-0.25, -0.2) is 0 Å². The van der Waals surface area contributed by atoms with Crippen LogP contribution < -0.4 is 0 Å². The fourth-order valence-electron chi connectivity index (χ4n) is 4.86. The summed E-state index contributed by atoms with van der Waals surface area (Å²) in [6.07, 6.45) is 8.99. The molecule has 5 heteroatoms.